The van der Waals surface area contributed by atoms with E-state index in [4.69, 9.17) is 5.73 Å². The van der Waals surface area contributed by atoms with Crippen molar-refractivity contribution >= 4 is 32.6 Å². The summed E-state index contributed by atoms with van der Waals surface area (Å²) in [5.41, 5.74) is 6.44. The molecule has 0 amide bonds. The summed E-state index contributed by atoms with van der Waals surface area (Å²) >= 11 is 1.10. The Morgan fingerprint density at radius 2 is 1.74 bits per heavy atom. The van der Waals surface area contributed by atoms with E-state index >= 15 is 0 Å². The molecule has 2 aromatic rings. The average molecular weight is 351 g/mol. The minimum absolute atomic E-state index is 0.0906. The third-order valence-electron chi connectivity index (χ3n) is 2.79. The van der Waals surface area contributed by atoms with Crippen LogP contribution in [0.4, 0.5) is 5.69 Å². The number of hydrogen-bond donors (Lipinski definition) is 1. The first-order valence-corrected chi connectivity index (χ1v) is 8.83. The number of non-ortho nitro benzene ring substituents is 1. The summed E-state index contributed by atoms with van der Waals surface area (Å²) in [4.78, 5) is 9.81. The van der Waals surface area contributed by atoms with Crippen LogP contribution in [0.25, 0.3) is 0 Å². The minimum Gasteiger partial charge on any atom is -0.378 e. The molecule has 23 heavy (non-hydrogen) atoms. The fraction of sp³-hybridized carbons (Fsp3) is 0.0714. The fourth-order valence-corrected chi connectivity index (χ4v) is 3.50. The maximum atomic E-state index is 12.1. The zero-order chi connectivity index (χ0) is 16.9. The molecular formula is C14H13N3O4S2. The lowest BCUT2D eigenvalue weighted by atomic mass is 10.2. The minimum atomic E-state index is -3.99. The molecule has 2 rings (SSSR count). The van der Waals surface area contributed by atoms with E-state index in [2.05, 4.69) is 4.40 Å². The number of thioether (sulfide) groups is 1. The number of nitro groups is 1. The number of nitrogens with two attached hydrogens (primary N) is 1. The monoisotopic (exact) mass is 351 g/mol. The molecule has 120 valence electrons. The van der Waals surface area contributed by atoms with Gasteiger partial charge in [-0.3, -0.25) is 10.1 Å². The van der Waals surface area contributed by atoms with Crippen molar-refractivity contribution in [1.82, 2.24) is 0 Å². The lowest BCUT2D eigenvalue weighted by Gasteiger charge is -2.02. The molecule has 0 aliphatic rings. The number of nitro benzene ring substituents is 1. The van der Waals surface area contributed by atoms with E-state index in [0.717, 1.165) is 41.6 Å². The van der Waals surface area contributed by atoms with E-state index in [0.29, 0.717) is 5.75 Å². The number of sulfonamides is 1. The predicted octanol–water partition coefficient (Wildman–Crippen LogP) is 2.53. The van der Waals surface area contributed by atoms with Crippen LogP contribution >= 0.6 is 11.8 Å². The molecule has 0 fully saturated rings. The lowest BCUT2D eigenvalue weighted by molar-refractivity contribution is -0.384. The summed E-state index contributed by atoms with van der Waals surface area (Å²) in [7, 11) is -3.99. The maximum Gasteiger partial charge on any atom is 0.284 e. The zero-order valence-electron chi connectivity index (χ0n) is 11.8. The summed E-state index contributed by atoms with van der Waals surface area (Å²) in [6.45, 7) is 0. The Bertz CT molecular complexity index is 819. The van der Waals surface area contributed by atoms with Gasteiger partial charge in [-0.05, 0) is 17.7 Å². The van der Waals surface area contributed by atoms with Crippen LogP contribution in [-0.2, 0) is 15.8 Å². The van der Waals surface area contributed by atoms with Gasteiger partial charge in [-0.1, -0.05) is 42.1 Å². The highest BCUT2D eigenvalue weighted by atomic mass is 32.2. The number of rotatable bonds is 5. The van der Waals surface area contributed by atoms with Crippen LogP contribution in [0.3, 0.4) is 0 Å². The molecule has 0 aliphatic heterocycles. The van der Waals surface area contributed by atoms with Gasteiger partial charge in [-0.2, -0.15) is 8.42 Å². The quantitative estimate of drug-likeness (QED) is 0.383. The molecule has 2 N–H and O–H groups in total. The van der Waals surface area contributed by atoms with Crippen LogP contribution in [0.15, 0.2) is 63.9 Å². The lowest BCUT2D eigenvalue weighted by Crippen LogP contribution is -2.11. The highest BCUT2D eigenvalue weighted by Gasteiger charge is 2.15. The van der Waals surface area contributed by atoms with Crippen molar-refractivity contribution in [2.75, 3.05) is 0 Å². The molecule has 0 saturated carbocycles. The molecule has 7 nitrogen and oxygen atoms in total. The van der Waals surface area contributed by atoms with Crippen LogP contribution in [0.2, 0.25) is 0 Å². The van der Waals surface area contributed by atoms with E-state index in [-0.39, 0.29) is 15.8 Å². The zero-order valence-corrected chi connectivity index (χ0v) is 13.5. The van der Waals surface area contributed by atoms with Gasteiger partial charge in [-0.15, -0.1) is 4.40 Å². The van der Waals surface area contributed by atoms with Crippen LogP contribution in [0, 0.1) is 10.1 Å². The van der Waals surface area contributed by atoms with Crippen molar-refractivity contribution < 1.29 is 13.3 Å². The molecule has 0 aromatic heterocycles. The Labute approximate surface area is 137 Å². The van der Waals surface area contributed by atoms with Gasteiger partial charge in [0.05, 0.1) is 9.82 Å². The van der Waals surface area contributed by atoms with Gasteiger partial charge < -0.3 is 5.73 Å². The second-order valence-electron chi connectivity index (χ2n) is 4.43. The number of hydrogen-bond acceptors (Lipinski definition) is 5. The number of amidine groups is 1. The topological polar surface area (TPSA) is 116 Å². The average Bonchev–Trinajstić information content (AvgIpc) is 2.53. The first-order chi connectivity index (χ1) is 10.9. The number of benzene rings is 2. The molecule has 0 bridgehead atoms. The van der Waals surface area contributed by atoms with Gasteiger partial charge in [0.15, 0.2) is 5.17 Å². The molecule has 0 heterocycles. The standard InChI is InChI=1S/C14H13N3O4S2/c15-14(22-10-11-4-2-1-3-5-11)16-23(20,21)13-8-6-12(7-9-13)17(18)19/h1-9H,10H2,(H2,15,16). The highest BCUT2D eigenvalue weighted by Crippen LogP contribution is 2.19. The van der Waals surface area contributed by atoms with Gasteiger partial charge in [-0.25, -0.2) is 0 Å². The van der Waals surface area contributed by atoms with Gasteiger partial charge in [0.2, 0.25) is 0 Å². The van der Waals surface area contributed by atoms with Crippen molar-refractivity contribution in [1.29, 1.82) is 0 Å². The summed E-state index contributed by atoms with van der Waals surface area (Å²) in [6.07, 6.45) is 0. The van der Waals surface area contributed by atoms with Crippen molar-refractivity contribution in [3.05, 3.63) is 70.3 Å². The molecule has 0 unspecified atom stereocenters. The maximum absolute atomic E-state index is 12.1. The summed E-state index contributed by atoms with van der Waals surface area (Å²) < 4.78 is 27.7. The normalized spacial score (nSPS) is 12.1. The van der Waals surface area contributed by atoms with Gasteiger partial charge in [0.1, 0.15) is 0 Å². The van der Waals surface area contributed by atoms with Crippen molar-refractivity contribution in [2.24, 2.45) is 10.1 Å². The van der Waals surface area contributed by atoms with E-state index in [1.54, 1.807) is 0 Å². The molecule has 0 spiro atoms. The first kappa shape index (κ1) is 17.0. The largest absolute Gasteiger partial charge is 0.378 e. The van der Waals surface area contributed by atoms with E-state index in [1.165, 1.54) is 0 Å². The summed E-state index contributed by atoms with van der Waals surface area (Å²) in [6, 6.07) is 13.9. The fourth-order valence-electron chi connectivity index (χ4n) is 1.67. The predicted molar refractivity (Wildman–Crippen MR) is 89.6 cm³/mol. The second-order valence-corrected chi connectivity index (χ2v) is 7.03. The molecule has 2 aromatic carbocycles. The summed E-state index contributed by atoms with van der Waals surface area (Å²) in [5, 5.41) is 10.5. The van der Waals surface area contributed by atoms with Crippen LogP contribution < -0.4 is 5.73 Å². The highest BCUT2D eigenvalue weighted by molar-refractivity contribution is 8.13. The molecule has 0 radical (unpaired) electrons. The smallest absolute Gasteiger partial charge is 0.284 e. The number of nitrogens with zero attached hydrogens (tertiary/aromatic N) is 2. The van der Waals surface area contributed by atoms with E-state index < -0.39 is 14.9 Å². The van der Waals surface area contributed by atoms with Gasteiger partial charge in [0.25, 0.3) is 15.7 Å². The Morgan fingerprint density at radius 1 is 1.13 bits per heavy atom. The Kier molecular flexibility index (Phi) is 5.35. The van der Waals surface area contributed by atoms with Crippen molar-refractivity contribution in [3.63, 3.8) is 0 Å². The molecular weight excluding hydrogens is 338 g/mol. The molecule has 0 aliphatic carbocycles. The van der Waals surface area contributed by atoms with Gasteiger partial charge >= 0.3 is 0 Å². The summed E-state index contributed by atoms with van der Waals surface area (Å²) in [5.74, 6) is 0.492. The third kappa shape index (κ3) is 4.80. The Morgan fingerprint density at radius 3 is 2.30 bits per heavy atom. The Hall–Kier alpha value is -2.39. The molecule has 0 saturated heterocycles. The molecule has 0 atom stereocenters. The van der Waals surface area contributed by atoms with Crippen LogP contribution in [-0.4, -0.2) is 18.5 Å². The Balaban J connectivity index is 2.10. The second kappa shape index (κ2) is 7.25. The third-order valence-corrected chi connectivity index (χ3v) is 5.07. The van der Waals surface area contributed by atoms with E-state index in [9.17, 15) is 18.5 Å². The van der Waals surface area contributed by atoms with E-state index in [1.807, 2.05) is 30.3 Å². The van der Waals surface area contributed by atoms with Crippen LogP contribution in [0.1, 0.15) is 5.56 Å². The SMILES string of the molecule is NC(=NS(=O)(=O)c1ccc([N+](=O)[O-])cc1)SCc1ccccc1. The van der Waals surface area contributed by atoms with Gasteiger partial charge in [0, 0.05) is 17.9 Å². The van der Waals surface area contributed by atoms with Crippen LogP contribution in [0.5, 0.6) is 0 Å². The molecule has 9 heteroatoms. The van der Waals surface area contributed by atoms with Crippen molar-refractivity contribution in [2.45, 2.75) is 10.6 Å². The first-order valence-electron chi connectivity index (χ1n) is 6.40. The van der Waals surface area contributed by atoms with Crippen molar-refractivity contribution in [3.8, 4) is 0 Å².